The van der Waals surface area contributed by atoms with Crippen molar-refractivity contribution in [2.24, 2.45) is 0 Å². The van der Waals surface area contributed by atoms with E-state index in [4.69, 9.17) is 4.98 Å². The number of aromatic nitrogens is 2. The predicted molar refractivity (Wildman–Crippen MR) is 195 cm³/mol. The fraction of sp³-hybridized carbons (Fsp3) is 0.475. The molecule has 8 heteroatoms. The van der Waals surface area contributed by atoms with Crippen LogP contribution in [-0.2, 0) is 37.0 Å². The number of aryl methyl sites for hydroxylation is 3. The highest BCUT2D eigenvalue weighted by Gasteiger charge is 2.33. The first-order chi connectivity index (χ1) is 23.3. The summed E-state index contributed by atoms with van der Waals surface area (Å²) < 4.78 is 2.38. The van der Waals surface area contributed by atoms with Gasteiger partial charge >= 0.3 is 6.03 Å². The topological polar surface area (TPSA) is 73.7 Å². The highest BCUT2D eigenvalue weighted by molar-refractivity contribution is 5.91. The second-order valence-corrected chi connectivity index (χ2v) is 13.8. The summed E-state index contributed by atoms with van der Waals surface area (Å²) in [5.74, 6) is 1.14. The number of benzene rings is 3. The van der Waals surface area contributed by atoms with Gasteiger partial charge in [0.2, 0.25) is 5.91 Å². The molecule has 254 valence electrons. The Morgan fingerprint density at radius 2 is 1.71 bits per heavy atom. The number of rotatable bonds is 12. The Balaban J connectivity index is 1.21. The fourth-order valence-electron chi connectivity index (χ4n) is 7.71. The number of amides is 3. The molecule has 0 saturated carbocycles. The molecule has 1 N–H and O–H groups in total. The molecule has 1 aromatic heterocycles. The monoisotopic (exact) mass is 648 g/mol. The van der Waals surface area contributed by atoms with Crippen LogP contribution in [0.2, 0.25) is 0 Å². The normalized spacial score (nSPS) is 16.2. The maximum absolute atomic E-state index is 14.2. The van der Waals surface area contributed by atoms with E-state index in [-0.39, 0.29) is 23.9 Å². The van der Waals surface area contributed by atoms with Crippen LogP contribution in [0.1, 0.15) is 73.5 Å². The quantitative estimate of drug-likeness (QED) is 0.181. The van der Waals surface area contributed by atoms with Gasteiger partial charge in [-0.15, -0.1) is 0 Å². The van der Waals surface area contributed by atoms with E-state index in [9.17, 15) is 9.59 Å². The molecule has 48 heavy (non-hydrogen) atoms. The number of hydrogen-bond donors (Lipinski definition) is 1. The highest BCUT2D eigenvalue weighted by atomic mass is 16.2. The standard InChI is InChI=1S/C40H52N6O2/c1-5-30-17-16-29(26-31(30)6-2)27-33(39-41-36-14-9-10-15-37(36)46(39)22-11-21-43(3)4)28-38(47)44-23-19-34(20-24-44)45-25-18-32-12-7-8-13-35(32)42-40(45)48/h7-10,12-17,26,33-34H,5-6,11,18-25,27-28H2,1-4H3,(H,42,48). The molecule has 1 fully saturated rings. The number of carbonyl (C=O) groups is 2. The van der Waals surface area contributed by atoms with Crippen molar-refractivity contribution in [1.29, 1.82) is 0 Å². The number of fused-ring (bicyclic) bond motifs is 2. The number of anilines is 1. The summed E-state index contributed by atoms with van der Waals surface area (Å²) in [4.78, 5) is 38.8. The number of piperidine rings is 1. The summed E-state index contributed by atoms with van der Waals surface area (Å²) in [6.45, 7) is 8.32. The second-order valence-electron chi connectivity index (χ2n) is 13.8. The zero-order valence-electron chi connectivity index (χ0n) is 29.3. The van der Waals surface area contributed by atoms with E-state index in [1.165, 1.54) is 22.3 Å². The van der Waals surface area contributed by atoms with Gasteiger partial charge < -0.3 is 24.6 Å². The summed E-state index contributed by atoms with van der Waals surface area (Å²) in [7, 11) is 4.22. The minimum Gasteiger partial charge on any atom is -0.343 e. The molecule has 0 bridgehead atoms. The SMILES string of the molecule is CCc1ccc(CC(CC(=O)N2CCC(N3CCc4ccccc4NC3=O)CC2)c2nc3ccccc3n2CCCN(C)C)cc1CC. The van der Waals surface area contributed by atoms with Crippen molar-refractivity contribution in [2.75, 3.05) is 45.6 Å². The van der Waals surface area contributed by atoms with Crippen LogP contribution in [-0.4, -0.2) is 82.5 Å². The molecule has 0 aliphatic carbocycles. The van der Waals surface area contributed by atoms with Gasteiger partial charge in [0, 0.05) is 50.2 Å². The van der Waals surface area contributed by atoms with Gasteiger partial charge in [-0.25, -0.2) is 9.78 Å². The van der Waals surface area contributed by atoms with Crippen LogP contribution in [0.4, 0.5) is 10.5 Å². The predicted octanol–water partition coefficient (Wildman–Crippen LogP) is 6.91. The van der Waals surface area contributed by atoms with Crippen molar-refractivity contribution in [1.82, 2.24) is 24.3 Å². The molecule has 0 radical (unpaired) electrons. The van der Waals surface area contributed by atoms with E-state index in [0.717, 1.165) is 80.6 Å². The molecule has 3 heterocycles. The number of para-hydroxylation sites is 3. The third kappa shape index (κ3) is 7.59. The lowest BCUT2D eigenvalue weighted by Crippen LogP contribution is -2.50. The van der Waals surface area contributed by atoms with Crippen molar-refractivity contribution in [3.63, 3.8) is 0 Å². The van der Waals surface area contributed by atoms with Crippen LogP contribution >= 0.6 is 0 Å². The van der Waals surface area contributed by atoms with E-state index in [0.29, 0.717) is 26.1 Å². The first kappa shape index (κ1) is 33.7. The molecule has 6 rings (SSSR count). The van der Waals surface area contributed by atoms with E-state index >= 15 is 0 Å². The third-order valence-electron chi connectivity index (χ3n) is 10.4. The van der Waals surface area contributed by atoms with Gasteiger partial charge in [0.15, 0.2) is 0 Å². The van der Waals surface area contributed by atoms with E-state index in [2.05, 4.69) is 85.2 Å². The Morgan fingerprint density at radius 3 is 2.48 bits per heavy atom. The van der Waals surface area contributed by atoms with Crippen LogP contribution in [0.25, 0.3) is 11.0 Å². The molecule has 2 aliphatic heterocycles. The van der Waals surface area contributed by atoms with Crippen molar-refractivity contribution >= 4 is 28.7 Å². The smallest absolute Gasteiger partial charge is 0.322 e. The Hall–Kier alpha value is -4.17. The first-order valence-corrected chi connectivity index (χ1v) is 18.0. The van der Waals surface area contributed by atoms with Crippen molar-refractivity contribution < 1.29 is 9.59 Å². The minimum atomic E-state index is -0.0472. The first-order valence-electron chi connectivity index (χ1n) is 18.0. The van der Waals surface area contributed by atoms with Crippen LogP contribution < -0.4 is 5.32 Å². The van der Waals surface area contributed by atoms with E-state index in [1.54, 1.807) is 0 Å². The zero-order chi connectivity index (χ0) is 33.6. The Labute approximate surface area is 286 Å². The zero-order valence-corrected chi connectivity index (χ0v) is 29.3. The van der Waals surface area contributed by atoms with Gasteiger partial charge in [0.1, 0.15) is 5.82 Å². The molecular weight excluding hydrogens is 596 g/mol. The Kier molecular flexibility index (Phi) is 10.8. The number of urea groups is 1. The van der Waals surface area contributed by atoms with Crippen LogP contribution in [0, 0.1) is 0 Å². The summed E-state index contributed by atoms with van der Waals surface area (Å²) in [6.07, 6.45) is 6.64. The summed E-state index contributed by atoms with van der Waals surface area (Å²) in [5.41, 5.74) is 8.27. The molecule has 4 aromatic rings. The molecular formula is C40H52N6O2. The average Bonchev–Trinajstić information content (AvgIpc) is 3.37. The van der Waals surface area contributed by atoms with Gasteiger partial charge in [0.05, 0.1) is 11.0 Å². The second kappa shape index (κ2) is 15.4. The summed E-state index contributed by atoms with van der Waals surface area (Å²) >= 11 is 0. The lowest BCUT2D eigenvalue weighted by Gasteiger charge is -2.38. The van der Waals surface area contributed by atoms with Crippen LogP contribution in [0.5, 0.6) is 0 Å². The maximum atomic E-state index is 14.2. The molecule has 3 aromatic carbocycles. The molecule has 0 spiro atoms. The Bertz CT molecular complexity index is 1720. The fourth-order valence-corrected chi connectivity index (χ4v) is 7.71. The van der Waals surface area contributed by atoms with Crippen molar-refractivity contribution in [3.05, 3.63) is 94.8 Å². The lowest BCUT2D eigenvalue weighted by molar-refractivity contribution is -0.133. The molecule has 1 saturated heterocycles. The number of hydrogen-bond acceptors (Lipinski definition) is 4. The number of carbonyl (C=O) groups excluding carboxylic acids is 2. The van der Waals surface area contributed by atoms with E-state index < -0.39 is 0 Å². The molecule has 3 amide bonds. The maximum Gasteiger partial charge on any atom is 0.322 e. The highest BCUT2D eigenvalue weighted by Crippen LogP contribution is 2.31. The van der Waals surface area contributed by atoms with Crippen LogP contribution in [0.3, 0.4) is 0 Å². The number of likely N-dealkylation sites (tertiary alicyclic amines) is 1. The summed E-state index contributed by atoms with van der Waals surface area (Å²) in [6, 6.07) is 23.4. The lowest BCUT2D eigenvalue weighted by atomic mass is 9.91. The van der Waals surface area contributed by atoms with Crippen LogP contribution in [0.15, 0.2) is 66.7 Å². The average molecular weight is 649 g/mol. The summed E-state index contributed by atoms with van der Waals surface area (Å²) in [5, 5.41) is 3.12. The van der Waals surface area contributed by atoms with Gasteiger partial charge in [-0.1, -0.05) is 62.4 Å². The number of nitrogens with zero attached hydrogens (tertiary/aromatic N) is 5. The van der Waals surface area contributed by atoms with Gasteiger partial charge in [-0.2, -0.15) is 0 Å². The van der Waals surface area contributed by atoms with Gasteiger partial charge in [0.25, 0.3) is 0 Å². The molecule has 1 unspecified atom stereocenters. The van der Waals surface area contributed by atoms with Crippen molar-refractivity contribution in [2.45, 2.75) is 83.7 Å². The largest absolute Gasteiger partial charge is 0.343 e. The number of imidazole rings is 1. The van der Waals surface area contributed by atoms with Gasteiger partial charge in [-0.05, 0) is 106 Å². The third-order valence-corrected chi connectivity index (χ3v) is 10.4. The van der Waals surface area contributed by atoms with E-state index in [1.807, 2.05) is 34.1 Å². The minimum absolute atomic E-state index is 0.0292. The van der Waals surface area contributed by atoms with Gasteiger partial charge in [-0.3, -0.25) is 4.79 Å². The molecule has 1 atom stereocenters. The molecule has 8 nitrogen and oxygen atoms in total. The Morgan fingerprint density at radius 1 is 0.958 bits per heavy atom. The number of nitrogens with one attached hydrogen (secondary N) is 1. The van der Waals surface area contributed by atoms with Crippen molar-refractivity contribution in [3.8, 4) is 0 Å². The molecule has 2 aliphatic rings.